The molecule has 0 aromatic carbocycles. The van der Waals surface area contributed by atoms with Crippen molar-refractivity contribution in [1.82, 2.24) is 0 Å². The molecule has 284 valence electrons. The fourth-order valence-electron chi connectivity index (χ4n) is 8.91. The first-order valence-corrected chi connectivity index (χ1v) is 18.4. The van der Waals surface area contributed by atoms with Gasteiger partial charge in [-0.3, -0.25) is 9.59 Å². The van der Waals surface area contributed by atoms with Crippen molar-refractivity contribution in [1.29, 1.82) is 0 Å². The molecule has 4 rings (SSSR count). The Morgan fingerprint density at radius 2 is 1.76 bits per heavy atom. The SMILES string of the molecule is C=C1OC(=O)C(C(=O)C[C@@H]2O[C@@H]([C@@H](C)[C@H](O)[C@H](CC)C(=O)[C@@](C)(O)[C@H]3CC[C@](CC)([C@H]4CC[C@@](O)([C@H](C)OC)[C@@H](C)O4)O3)[C@@H](C)C[C@@H]2C)=C1O. The lowest BCUT2D eigenvalue weighted by Gasteiger charge is -2.49. The Balaban J connectivity index is 1.45. The number of cyclic esters (lactones) is 1. The van der Waals surface area contributed by atoms with Crippen LogP contribution in [-0.2, 0) is 38.1 Å². The summed E-state index contributed by atoms with van der Waals surface area (Å²) >= 11 is 0. The lowest BCUT2D eigenvalue weighted by molar-refractivity contribution is -0.255. The van der Waals surface area contributed by atoms with Crippen LogP contribution in [-0.4, -0.2) is 105 Å². The van der Waals surface area contributed by atoms with E-state index >= 15 is 0 Å². The molecule has 0 bridgehead atoms. The maximum atomic E-state index is 14.2. The molecule has 12 nitrogen and oxygen atoms in total. The maximum Gasteiger partial charge on any atom is 0.351 e. The minimum Gasteiger partial charge on any atom is -0.504 e. The number of ether oxygens (including phenoxy) is 5. The van der Waals surface area contributed by atoms with E-state index in [4.69, 9.17) is 23.7 Å². The van der Waals surface area contributed by atoms with Crippen LogP contribution in [0.1, 0.15) is 107 Å². The van der Waals surface area contributed by atoms with E-state index in [0.717, 1.165) is 0 Å². The summed E-state index contributed by atoms with van der Waals surface area (Å²) in [5.41, 5.74) is -4.24. The third-order valence-corrected chi connectivity index (χ3v) is 12.6. The minimum atomic E-state index is -1.90. The lowest BCUT2D eigenvalue weighted by Crippen LogP contribution is -2.60. The summed E-state index contributed by atoms with van der Waals surface area (Å²) in [6.07, 6.45) is -1.08. The number of carbonyl (C=O) groups is 3. The topological polar surface area (TPSA) is 178 Å². The van der Waals surface area contributed by atoms with E-state index in [9.17, 15) is 34.8 Å². The Labute approximate surface area is 296 Å². The molecule has 12 heteroatoms. The highest BCUT2D eigenvalue weighted by molar-refractivity contribution is 6.20. The Kier molecular flexibility index (Phi) is 12.5. The van der Waals surface area contributed by atoms with Gasteiger partial charge >= 0.3 is 5.97 Å². The third-order valence-electron chi connectivity index (χ3n) is 12.6. The molecule has 0 aromatic rings. The predicted octanol–water partition coefficient (Wildman–Crippen LogP) is 4.26. The van der Waals surface area contributed by atoms with Crippen molar-refractivity contribution < 1.29 is 58.5 Å². The van der Waals surface area contributed by atoms with Crippen LogP contribution in [0.2, 0.25) is 0 Å². The Morgan fingerprint density at radius 1 is 1.10 bits per heavy atom. The molecular weight excluding hydrogens is 648 g/mol. The number of rotatable bonds is 14. The largest absolute Gasteiger partial charge is 0.504 e. The highest BCUT2D eigenvalue weighted by Gasteiger charge is 2.57. The maximum absolute atomic E-state index is 14.2. The zero-order chi connectivity index (χ0) is 37.5. The summed E-state index contributed by atoms with van der Waals surface area (Å²) in [7, 11) is 1.56. The molecule has 0 aliphatic carbocycles. The first-order valence-electron chi connectivity index (χ1n) is 18.4. The van der Waals surface area contributed by atoms with Gasteiger partial charge in [0.1, 0.15) is 16.8 Å². The van der Waals surface area contributed by atoms with E-state index in [0.29, 0.717) is 38.5 Å². The smallest absolute Gasteiger partial charge is 0.351 e. The second kappa shape index (κ2) is 15.4. The molecule has 3 saturated heterocycles. The number of ketones is 2. The van der Waals surface area contributed by atoms with Gasteiger partial charge in [0.2, 0.25) is 0 Å². The quantitative estimate of drug-likeness (QED) is 0.149. The first-order chi connectivity index (χ1) is 23.3. The van der Waals surface area contributed by atoms with E-state index in [1.807, 2.05) is 34.6 Å². The first kappa shape index (κ1) is 40.6. The van der Waals surface area contributed by atoms with Gasteiger partial charge in [0, 0.05) is 25.4 Å². The van der Waals surface area contributed by atoms with Gasteiger partial charge in [-0.1, -0.05) is 41.2 Å². The van der Waals surface area contributed by atoms with Crippen LogP contribution in [0.4, 0.5) is 0 Å². The van der Waals surface area contributed by atoms with Crippen LogP contribution in [0.15, 0.2) is 23.7 Å². The number of hydrogen-bond donors (Lipinski definition) is 4. The van der Waals surface area contributed by atoms with Crippen LogP contribution in [0.5, 0.6) is 0 Å². The lowest BCUT2D eigenvalue weighted by atomic mass is 9.73. The summed E-state index contributed by atoms with van der Waals surface area (Å²) in [6.45, 7) is 18.1. The van der Waals surface area contributed by atoms with E-state index in [2.05, 4.69) is 6.58 Å². The van der Waals surface area contributed by atoms with E-state index < -0.39 is 94.1 Å². The van der Waals surface area contributed by atoms with Crippen LogP contribution >= 0.6 is 0 Å². The van der Waals surface area contributed by atoms with Crippen LogP contribution in [0.3, 0.4) is 0 Å². The zero-order valence-electron chi connectivity index (χ0n) is 31.3. The number of aliphatic hydroxyl groups is 4. The summed E-state index contributed by atoms with van der Waals surface area (Å²) < 4.78 is 29.7. The van der Waals surface area contributed by atoms with Gasteiger partial charge in [0.25, 0.3) is 0 Å². The average molecular weight is 709 g/mol. The zero-order valence-corrected chi connectivity index (χ0v) is 31.3. The number of carbonyl (C=O) groups excluding carboxylic acids is 3. The monoisotopic (exact) mass is 708 g/mol. The molecule has 14 atom stereocenters. The summed E-state index contributed by atoms with van der Waals surface area (Å²) in [4.78, 5) is 39.4. The van der Waals surface area contributed by atoms with Gasteiger partial charge in [-0.25, -0.2) is 4.79 Å². The van der Waals surface area contributed by atoms with Gasteiger partial charge in [0.05, 0.1) is 48.3 Å². The Bertz CT molecular complexity index is 1320. The van der Waals surface area contributed by atoms with E-state index in [1.165, 1.54) is 6.92 Å². The van der Waals surface area contributed by atoms with Crippen LogP contribution < -0.4 is 0 Å². The van der Waals surface area contributed by atoms with Gasteiger partial charge in [-0.15, -0.1) is 0 Å². The fraction of sp³-hybridized carbons (Fsp3) is 0.816. The molecule has 4 aliphatic heterocycles. The van der Waals surface area contributed by atoms with Crippen molar-refractivity contribution in [3.8, 4) is 0 Å². The molecule has 0 aromatic heterocycles. The van der Waals surface area contributed by atoms with E-state index in [1.54, 1.807) is 21.0 Å². The van der Waals surface area contributed by atoms with Crippen LogP contribution in [0, 0.1) is 23.7 Å². The molecule has 3 fully saturated rings. The minimum absolute atomic E-state index is 0.0243. The van der Waals surface area contributed by atoms with Crippen molar-refractivity contribution >= 4 is 17.5 Å². The standard InChI is InChI=1S/C38H60O12/c1-11-25(31(40)21(5)33-20(4)17-19(3)27(49-33)18-26(39)30-32(41)22(6)47-35(30)43)34(42)36(9,44)28-13-15-37(12-2,50-28)29-14-16-38(45,23(7)46-10)24(8)48-29/h19-21,23-25,27-29,31,33,40-41,44-45H,6,11-18H2,1-5,7-10H3/t19-,20-,21-,23-,24+,25-,27-,28+,29+,31-,33+,36-,37+,38+/m0/s1. The highest BCUT2D eigenvalue weighted by Crippen LogP contribution is 2.47. The van der Waals surface area contributed by atoms with Gasteiger partial charge in [-0.05, 0) is 77.6 Å². The number of methoxy groups -OCH3 is 1. The van der Waals surface area contributed by atoms with Gasteiger partial charge in [0.15, 0.2) is 23.1 Å². The molecule has 50 heavy (non-hydrogen) atoms. The number of esters is 1. The van der Waals surface area contributed by atoms with Crippen molar-refractivity contribution in [3.05, 3.63) is 23.7 Å². The van der Waals surface area contributed by atoms with Crippen molar-refractivity contribution in [2.75, 3.05) is 7.11 Å². The Hall–Kier alpha value is -2.19. The summed E-state index contributed by atoms with van der Waals surface area (Å²) in [5.74, 6) is -4.47. The second-order valence-electron chi connectivity index (χ2n) is 15.6. The normalized spacial score (nSPS) is 38.7. The molecule has 4 N–H and O–H groups in total. The molecule has 4 heterocycles. The number of hydrogen-bond acceptors (Lipinski definition) is 12. The molecular formula is C38H60O12. The summed E-state index contributed by atoms with van der Waals surface area (Å²) in [6, 6.07) is 0. The Morgan fingerprint density at radius 3 is 2.30 bits per heavy atom. The average Bonchev–Trinajstić information content (AvgIpc) is 3.63. The molecule has 4 aliphatic rings. The third kappa shape index (κ3) is 7.36. The van der Waals surface area contributed by atoms with Crippen molar-refractivity contribution in [3.63, 3.8) is 0 Å². The van der Waals surface area contributed by atoms with Crippen molar-refractivity contribution in [2.24, 2.45) is 23.7 Å². The van der Waals surface area contributed by atoms with E-state index in [-0.39, 0.29) is 36.5 Å². The second-order valence-corrected chi connectivity index (χ2v) is 15.6. The van der Waals surface area contributed by atoms with Gasteiger partial charge < -0.3 is 44.1 Å². The molecule has 0 amide bonds. The molecule has 0 radical (unpaired) electrons. The van der Waals surface area contributed by atoms with Crippen LogP contribution in [0.25, 0.3) is 0 Å². The predicted molar refractivity (Wildman–Crippen MR) is 183 cm³/mol. The van der Waals surface area contributed by atoms with Gasteiger partial charge in [-0.2, -0.15) is 0 Å². The summed E-state index contributed by atoms with van der Waals surface area (Å²) in [5, 5.41) is 45.0. The number of Topliss-reactive ketones (excluding diaryl/α,β-unsaturated/α-hetero) is 2. The van der Waals surface area contributed by atoms with Crippen molar-refractivity contribution in [2.45, 2.75) is 166 Å². The highest BCUT2D eigenvalue weighted by atomic mass is 16.6. The molecule has 0 spiro atoms. The number of aliphatic hydroxyl groups excluding tert-OH is 2. The fourth-order valence-corrected chi connectivity index (χ4v) is 8.91. The molecule has 0 saturated carbocycles. The molecule has 0 unspecified atom stereocenters.